The third-order valence-electron chi connectivity index (χ3n) is 3.48. The number of aromatic hydroxyl groups is 1. The fourth-order valence-electron chi connectivity index (χ4n) is 2.10. The summed E-state index contributed by atoms with van der Waals surface area (Å²) >= 11 is 0. The summed E-state index contributed by atoms with van der Waals surface area (Å²) < 4.78 is 18.4. The van der Waals surface area contributed by atoms with E-state index < -0.39 is 0 Å². The largest absolute Gasteiger partial charge is 0.504 e. The van der Waals surface area contributed by atoms with E-state index in [0.29, 0.717) is 5.75 Å². The minimum Gasteiger partial charge on any atom is -0.504 e. The van der Waals surface area contributed by atoms with Crippen LogP contribution in [0.4, 0.5) is 10.1 Å². The Hall–Kier alpha value is -2.23. The highest BCUT2D eigenvalue weighted by Gasteiger charge is 2.14. The molecule has 1 atom stereocenters. The summed E-state index contributed by atoms with van der Waals surface area (Å²) in [6.07, 6.45) is 0. The Morgan fingerprint density at radius 3 is 2.60 bits per heavy atom. The van der Waals surface area contributed by atoms with E-state index in [1.807, 2.05) is 31.0 Å². The lowest BCUT2D eigenvalue weighted by Crippen LogP contribution is -2.21. The zero-order valence-corrected chi connectivity index (χ0v) is 11.8. The Labute approximate surface area is 118 Å². The molecule has 1 unspecified atom stereocenters. The lowest BCUT2D eigenvalue weighted by atomic mass is 10.1. The highest BCUT2D eigenvalue weighted by molar-refractivity contribution is 5.50. The first kappa shape index (κ1) is 14.2. The van der Waals surface area contributed by atoms with Crippen molar-refractivity contribution in [2.24, 2.45) is 0 Å². The van der Waals surface area contributed by atoms with Crippen LogP contribution in [0, 0.1) is 5.82 Å². The quantitative estimate of drug-likeness (QED) is 0.922. The smallest absolute Gasteiger partial charge is 0.160 e. The van der Waals surface area contributed by atoms with Gasteiger partial charge < -0.3 is 14.7 Å². The Morgan fingerprint density at radius 2 is 1.95 bits per heavy atom. The van der Waals surface area contributed by atoms with Gasteiger partial charge >= 0.3 is 0 Å². The topological polar surface area (TPSA) is 32.7 Å². The van der Waals surface area contributed by atoms with Crippen LogP contribution in [0.2, 0.25) is 0 Å². The Morgan fingerprint density at radius 1 is 1.20 bits per heavy atom. The lowest BCUT2D eigenvalue weighted by Gasteiger charge is -2.27. The second-order valence-electron chi connectivity index (χ2n) is 4.70. The standard InChI is InChI=1S/C16H18FNO2/c1-11(12-7-8-15(19)16(9-12)20-3)18(2)14-6-4-5-13(17)10-14/h4-11,19H,1-3H3. The molecule has 106 valence electrons. The number of benzene rings is 2. The molecule has 1 N–H and O–H groups in total. The first-order valence-electron chi connectivity index (χ1n) is 6.38. The average Bonchev–Trinajstić information content (AvgIpc) is 2.46. The molecule has 0 aliphatic rings. The predicted molar refractivity (Wildman–Crippen MR) is 77.9 cm³/mol. The Kier molecular flexibility index (Phi) is 4.13. The van der Waals surface area contributed by atoms with Crippen molar-refractivity contribution in [1.29, 1.82) is 0 Å². The molecule has 0 saturated heterocycles. The third kappa shape index (κ3) is 2.85. The number of hydrogen-bond donors (Lipinski definition) is 1. The summed E-state index contributed by atoms with van der Waals surface area (Å²) in [6, 6.07) is 11.7. The molecule has 2 aromatic carbocycles. The van der Waals surface area contributed by atoms with Crippen molar-refractivity contribution in [3.8, 4) is 11.5 Å². The maximum absolute atomic E-state index is 13.3. The van der Waals surface area contributed by atoms with Gasteiger partial charge in [0.05, 0.1) is 13.2 Å². The number of rotatable bonds is 4. The van der Waals surface area contributed by atoms with Gasteiger partial charge in [0.15, 0.2) is 11.5 Å². The SMILES string of the molecule is COc1cc(C(C)N(C)c2cccc(F)c2)ccc1O. The summed E-state index contributed by atoms with van der Waals surface area (Å²) in [5.74, 6) is 0.281. The van der Waals surface area contributed by atoms with Gasteiger partial charge in [0.2, 0.25) is 0 Å². The summed E-state index contributed by atoms with van der Waals surface area (Å²) in [5.41, 5.74) is 1.77. The van der Waals surface area contributed by atoms with Crippen molar-refractivity contribution < 1.29 is 14.2 Å². The maximum atomic E-state index is 13.3. The highest BCUT2D eigenvalue weighted by Crippen LogP contribution is 2.32. The fraction of sp³-hybridized carbons (Fsp3) is 0.250. The molecular formula is C16H18FNO2. The number of nitrogens with zero attached hydrogens (tertiary/aromatic N) is 1. The van der Waals surface area contributed by atoms with Gasteiger partial charge in [-0.1, -0.05) is 12.1 Å². The van der Waals surface area contributed by atoms with E-state index in [0.717, 1.165) is 11.3 Å². The van der Waals surface area contributed by atoms with E-state index >= 15 is 0 Å². The van der Waals surface area contributed by atoms with Crippen LogP contribution in [0.5, 0.6) is 11.5 Å². The molecule has 0 spiro atoms. The monoisotopic (exact) mass is 275 g/mol. The maximum Gasteiger partial charge on any atom is 0.160 e. The second kappa shape index (κ2) is 5.82. The molecule has 0 amide bonds. The first-order chi connectivity index (χ1) is 9.52. The van der Waals surface area contributed by atoms with Crippen molar-refractivity contribution in [3.05, 3.63) is 53.8 Å². The van der Waals surface area contributed by atoms with Gasteiger partial charge in [0.25, 0.3) is 0 Å². The number of anilines is 1. The van der Waals surface area contributed by atoms with Gasteiger partial charge in [-0.25, -0.2) is 4.39 Å². The van der Waals surface area contributed by atoms with Crippen molar-refractivity contribution >= 4 is 5.69 Å². The molecule has 0 aromatic heterocycles. The molecule has 3 nitrogen and oxygen atoms in total. The van der Waals surface area contributed by atoms with Gasteiger partial charge in [-0.3, -0.25) is 0 Å². The molecule has 2 aromatic rings. The van der Waals surface area contributed by atoms with E-state index in [1.165, 1.54) is 19.2 Å². The molecule has 20 heavy (non-hydrogen) atoms. The van der Waals surface area contributed by atoms with Crippen LogP contribution in [-0.2, 0) is 0 Å². The van der Waals surface area contributed by atoms with Crippen LogP contribution >= 0.6 is 0 Å². The van der Waals surface area contributed by atoms with Gasteiger partial charge in [0.1, 0.15) is 5.82 Å². The number of ether oxygens (including phenoxy) is 1. The summed E-state index contributed by atoms with van der Waals surface area (Å²) in [7, 11) is 3.42. The molecular weight excluding hydrogens is 257 g/mol. The minimum atomic E-state index is -0.259. The molecule has 0 aliphatic heterocycles. The van der Waals surface area contributed by atoms with E-state index in [9.17, 15) is 9.50 Å². The molecule has 0 fully saturated rings. The minimum absolute atomic E-state index is 0.0197. The predicted octanol–water partition coefficient (Wildman–Crippen LogP) is 3.74. The normalized spacial score (nSPS) is 12.0. The average molecular weight is 275 g/mol. The van der Waals surface area contributed by atoms with Crippen LogP contribution < -0.4 is 9.64 Å². The summed E-state index contributed by atoms with van der Waals surface area (Å²) in [6.45, 7) is 2.01. The first-order valence-corrected chi connectivity index (χ1v) is 6.38. The van der Waals surface area contributed by atoms with E-state index in [4.69, 9.17) is 4.74 Å². The summed E-state index contributed by atoms with van der Waals surface area (Å²) in [5, 5.41) is 9.62. The van der Waals surface area contributed by atoms with Crippen LogP contribution in [0.1, 0.15) is 18.5 Å². The van der Waals surface area contributed by atoms with Gasteiger partial charge in [-0.2, -0.15) is 0 Å². The molecule has 0 bridgehead atoms. The molecule has 4 heteroatoms. The van der Waals surface area contributed by atoms with Crippen molar-refractivity contribution in [1.82, 2.24) is 0 Å². The molecule has 0 aliphatic carbocycles. The Bertz CT molecular complexity index is 601. The van der Waals surface area contributed by atoms with E-state index in [-0.39, 0.29) is 17.6 Å². The van der Waals surface area contributed by atoms with Crippen LogP contribution in [0.15, 0.2) is 42.5 Å². The van der Waals surface area contributed by atoms with Crippen LogP contribution in [0.3, 0.4) is 0 Å². The lowest BCUT2D eigenvalue weighted by molar-refractivity contribution is 0.372. The second-order valence-corrected chi connectivity index (χ2v) is 4.70. The number of methoxy groups -OCH3 is 1. The zero-order chi connectivity index (χ0) is 14.7. The molecule has 0 radical (unpaired) electrons. The number of halogens is 1. The fourth-order valence-corrected chi connectivity index (χ4v) is 2.10. The van der Waals surface area contributed by atoms with Gasteiger partial charge in [0, 0.05) is 12.7 Å². The van der Waals surface area contributed by atoms with E-state index in [2.05, 4.69) is 0 Å². The third-order valence-corrected chi connectivity index (χ3v) is 3.48. The van der Waals surface area contributed by atoms with Gasteiger partial charge in [-0.05, 0) is 42.8 Å². The van der Waals surface area contributed by atoms with Gasteiger partial charge in [-0.15, -0.1) is 0 Å². The van der Waals surface area contributed by atoms with Crippen molar-refractivity contribution in [2.75, 3.05) is 19.1 Å². The number of phenolic OH excluding ortho intramolecular Hbond substituents is 1. The Balaban J connectivity index is 2.28. The molecule has 2 rings (SSSR count). The van der Waals surface area contributed by atoms with E-state index in [1.54, 1.807) is 18.2 Å². The van der Waals surface area contributed by atoms with Crippen molar-refractivity contribution in [2.45, 2.75) is 13.0 Å². The molecule has 0 saturated carbocycles. The zero-order valence-electron chi connectivity index (χ0n) is 11.8. The van der Waals surface area contributed by atoms with Crippen molar-refractivity contribution in [3.63, 3.8) is 0 Å². The number of hydrogen-bond acceptors (Lipinski definition) is 3. The number of phenols is 1. The molecule has 0 heterocycles. The van der Waals surface area contributed by atoms with Crippen LogP contribution in [-0.4, -0.2) is 19.3 Å². The summed E-state index contributed by atoms with van der Waals surface area (Å²) in [4.78, 5) is 1.97. The highest BCUT2D eigenvalue weighted by atomic mass is 19.1. The van der Waals surface area contributed by atoms with Crippen LogP contribution in [0.25, 0.3) is 0 Å².